The number of aliphatic hydroxyl groups is 1. The number of aliphatic hydroxyl groups excluding tert-OH is 1. The van der Waals surface area contributed by atoms with E-state index in [9.17, 15) is 18.3 Å². The molecular weight excluding hydrogens is 258 g/mol. The molecule has 2 atom stereocenters. The summed E-state index contributed by atoms with van der Waals surface area (Å²) in [6.07, 6.45) is 1.52. The minimum Gasteiger partial charge on any atom is -0.391 e. The van der Waals surface area contributed by atoms with Crippen LogP contribution in [0.2, 0.25) is 0 Å². The zero-order chi connectivity index (χ0) is 13.6. The van der Waals surface area contributed by atoms with Gasteiger partial charge in [-0.3, -0.25) is 4.79 Å². The summed E-state index contributed by atoms with van der Waals surface area (Å²) in [4.78, 5) is 11.7. The average Bonchev–Trinajstić information content (AvgIpc) is 2.28. The largest absolute Gasteiger partial charge is 0.391 e. The lowest BCUT2D eigenvalue weighted by Crippen LogP contribution is -2.43. The van der Waals surface area contributed by atoms with Crippen LogP contribution in [0.25, 0.3) is 0 Å². The molecule has 1 amide bonds. The predicted molar refractivity (Wildman–Crippen MR) is 66.9 cm³/mol. The number of ether oxygens (including phenoxy) is 1. The minimum atomic E-state index is -3.28. The Morgan fingerprint density at radius 1 is 1.50 bits per heavy atom. The molecule has 106 valence electrons. The van der Waals surface area contributed by atoms with Gasteiger partial charge in [0.2, 0.25) is 5.91 Å². The van der Waals surface area contributed by atoms with E-state index in [0.717, 1.165) is 6.42 Å². The van der Waals surface area contributed by atoms with E-state index < -0.39 is 27.1 Å². The van der Waals surface area contributed by atoms with Crippen molar-refractivity contribution in [1.82, 2.24) is 5.32 Å². The quantitative estimate of drug-likeness (QED) is 0.681. The molecule has 0 aromatic carbocycles. The maximum absolute atomic E-state index is 11.7. The molecule has 1 aliphatic rings. The minimum absolute atomic E-state index is 0.0946. The lowest BCUT2D eigenvalue weighted by atomic mass is 10.2. The summed E-state index contributed by atoms with van der Waals surface area (Å²) in [5.74, 6) is -0.350. The van der Waals surface area contributed by atoms with Crippen molar-refractivity contribution < 1.29 is 23.1 Å². The average molecular weight is 279 g/mol. The third-order valence-electron chi connectivity index (χ3n) is 3.01. The van der Waals surface area contributed by atoms with Crippen molar-refractivity contribution in [2.75, 3.05) is 26.0 Å². The van der Waals surface area contributed by atoms with Gasteiger partial charge < -0.3 is 15.2 Å². The standard InChI is InChI=1S/C11H21NO5S/c1-17-8-9(13)5-6-12-11(14)10-4-2-3-7-18(10,15)16/h9-10,13H,2-8H2,1H3,(H,12,14). The van der Waals surface area contributed by atoms with Crippen LogP contribution >= 0.6 is 0 Å². The Kier molecular flexibility index (Phi) is 6.04. The highest BCUT2D eigenvalue weighted by atomic mass is 32.2. The number of methoxy groups -OCH3 is 1. The van der Waals surface area contributed by atoms with Gasteiger partial charge in [-0.1, -0.05) is 6.42 Å². The van der Waals surface area contributed by atoms with Crippen molar-refractivity contribution in [3.8, 4) is 0 Å². The van der Waals surface area contributed by atoms with Crippen molar-refractivity contribution in [3.05, 3.63) is 0 Å². The van der Waals surface area contributed by atoms with Crippen molar-refractivity contribution in [1.29, 1.82) is 0 Å². The van der Waals surface area contributed by atoms with Crippen LogP contribution < -0.4 is 5.32 Å². The molecule has 7 heteroatoms. The molecule has 0 radical (unpaired) electrons. The summed E-state index contributed by atoms with van der Waals surface area (Å²) in [6.45, 7) is 0.465. The van der Waals surface area contributed by atoms with Gasteiger partial charge in [-0.25, -0.2) is 8.42 Å². The Balaban J connectivity index is 2.36. The lowest BCUT2D eigenvalue weighted by Gasteiger charge is -2.21. The Hall–Kier alpha value is -0.660. The van der Waals surface area contributed by atoms with Gasteiger partial charge in [-0.15, -0.1) is 0 Å². The number of hydrogen-bond acceptors (Lipinski definition) is 5. The SMILES string of the molecule is COCC(O)CCNC(=O)C1CCCCS1(=O)=O. The summed E-state index contributed by atoms with van der Waals surface area (Å²) in [5.41, 5.74) is 0. The first kappa shape index (κ1) is 15.4. The molecule has 18 heavy (non-hydrogen) atoms. The molecule has 1 saturated heterocycles. The molecule has 6 nitrogen and oxygen atoms in total. The van der Waals surface area contributed by atoms with Crippen molar-refractivity contribution >= 4 is 15.7 Å². The summed E-state index contributed by atoms with van der Waals surface area (Å²) in [5, 5.41) is 11.0. The van der Waals surface area contributed by atoms with Crippen LogP contribution in [0.1, 0.15) is 25.7 Å². The van der Waals surface area contributed by atoms with Gasteiger partial charge >= 0.3 is 0 Å². The van der Waals surface area contributed by atoms with E-state index in [4.69, 9.17) is 4.74 Å². The van der Waals surface area contributed by atoms with Crippen LogP contribution in [0.4, 0.5) is 0 Å². The van der Waals surface area contributed by atoms with Gasteiger partial charge in [0.25, 0.3) is 0 Å². The molecule has 2 unspecified atom stereocenters. The first-order valence-electron chi connectivity index (χ1n) is 6.13. The highest BCUT2D eigenvalue weighted by Crippen LogP contribution is 2.19. The summed E-state index contributed by atoms with van der Waals surface area (Å²) < 4.78 is 28.1. The number of sulfone groups is 1. The van der Waals surface area contributed by atoms with Gasteiger partial charge in [-0.05, 0) is 19.3 Å². The summed E-state index contributed by atoms with van der Waals surface area (Å²) >= 11 is 0. The third-order valence-corrected chi connectivity index (χ3v) is 5.18. The van der Waals surface area contributed by atoms with Crippen molar-refractivity contribution in [2.45, 2.75) is 37.0 Å². The van der Waals surface area contributed by atoms with E-state index in [0.29, 0.717) is 19.3 Å². The predicted octanol–water partition coefficient (Wildman–Crippen LogP) is -0.533. The summed E-state index contributed by atoms with van der Waals surface area (Å²) in [6, 6.07) is 0. The Labute approximate surface area is 108 Å². The fraction of sp³-hybridized carbons (Fsp3) is 0.909. The number of nitrogens with one attached hydrogen (secondary N) is 1. The first-order valence-corrected chi connectivity index (χ1v) is 7.85. The molecule has 1 rings (SSSR count). The molecule has 0 aliphatic carbocycles. The normalized spacial score (nSPS) is 24.4. The molecular formula is C11H21NO5S. The van der Waals surface area contributed by atoms with Crippen LogP contribution in [0, 0.1) is 0 Å². The monoisotopic (exact) mass is 279 g/mol. The molecule has 2 N–H and O–H groups in total. The number of carbonyl (C=O) groups excluding carboxylic acids is 1. The maximum atomic E-state index is 11.7. The van der Waals surface area contributed by atoms with Crippen LogP contribution in [0.15, 0.2) is 0 Å². The van der Waals surface area contributed by atoms with E-state index in [1.807, 2.05) is 0 Å². The molecule has 1 heterocycles. The fourth-order valence-corrected chi connectivity index (χ4v) is 3.83. The second-order valence-corrected chi connectivity index (χ2v) is 6.84. The Morgan fingerprint density at radius 2 is 2.22 bits per heavy atom. The number of amides is 1. The Morgan fingerprint density at radius 3 is 2.83 bits per heavy atom. The van der Waals surface area contributed by atoms with Crippen LogP contribution in [-0.2, 0) is 19.4 Å². The van der Waals surface area contributed by atoms with E-state index in [1.54, 1.807) is 0 Å². The molecule has 0 spiro atoms. The number of carbonyl (C=O) groups is 1. The van der Waals surface area contributed by atoms with Gasteiger partial charge in [0, 0.05) is 13.7 Å². The highest BCUT2D eigenvalue weighted by molar-refractivity contribution is 7.92. The summed E-state index contributed by atoms with van der Waals surface area (Å²) in [7, 11) is -1.80. The van der Waals surface area contributed by atoms with Crippen molar-refractivity contribution in [3.63, 3.8) is 0 Å². The van der Waals surface area contributed by atoms with E-state index in [1.165, 1.54) is 7.11 Å². The first-order chi connectivity index (χ1) is 8.47. The van der Waals surface area contributed by atoms with Gasteiger partial charge in [0.1, 0.15) is 5.25 Å². The third kappa shape index (κ3) is 4.55. The molecule has 0 bridgehead atoms. The lowest BCUT2D eigenvalue weighted by molar-refractivity contribution is -0.121. The molecule has 1 fully saturated rings. The molecule has 0 saturated carbocycles. The zero-order valence-corrected chi connectivity index (χ0v) is 11.4. The van der Waals surface area contributed by atoms with Crippen LogP contribution in [0.5, 0.6) is 0 Å². The zero-order valence-electron chi connectivity index (χ0n) is 10.6. The highest BCUT2D eigenvalue weighted by Gasteiger charge is 2.34. The van der Waals surface area contributed by atoms with Gasteiger partial charge in [0.15, 0.2) is 9.84 Å². The van der Waals surface area contributed by atoms with E-state index >= 15 is 0 Å². The van der Waals surface area contributed by atoms with Crippen LogP contribution in [0.3, 0.4) is 0 Å². The van der Waals surface area contributed by atoms with Crippen molar-refractivity contribution in [2.24, 2.45) is 0 Å². The molecule has 1 aliphatic heterocycles. The Bertz CT molecular complexity index is 368. The van der Waals surface area contributed by atoms with Gasteiger partial charge in [0.05, 0.1) is 18.5 Å². The molecule has 0 aromatic rings. The topological polar surface area (TPSA) is 92.7 Å². The second kappa shape index (κ2) is 7.06. The van der Waals surface area contributed by atoms with E-state index in [-0.39, 0.29) is 18.9 Å². The number of hydrogen-bond donors (Lipinski definition) is 2. The van der Waals surface area contributed by atoms with Crippen LogP contribution in [-0.4, -0.2) is 56.8 Å². The van der Waals surface area contributed by atoms with Gasteiger partial charge in [-0.2, -0.15) is 0 Å². The fourth-order valence-electron chi connectivity index (χ4n) is 2.00. The smallest absolute Gasteiger partial charge is 0.238 e. The second-order valence-electron chi connectivity index (χ2n) is 4.54. The maximum Gasteiger partial charge on any atom is 0.238 e. The number of rotatable bonds is 6. The van der Waals surface area contributed by atoms with E-state index in [2.05, 4.69) is 5.32 Å². The molecule has 0 aromatic heterocycles.